The first kappa shape index (κ1) is 14.6. The van der Waals surface area contributed by atoms with Crippen molar-refractivity contribution in [2.45, 2.75) is 78.6 Å². The molecule has 108 valence electrons. The Labute approximate surface area is 118 Å². The van der Waals surface area contributed by atoms with Gasteiger partial charge in [-0.1, -0.05) is 13.8 Å². The maximum atomic E-state index is 4.42. The van der Waals surface area contributed by atoms with Crippen molar-refractivity contribution in [3.63, 3.8) is 0 Å². The zero-order valence-corrected chi connectivity index (χ0v) is 13.7. The quantitative estimate of drug-likeness (QED) is 0.813. The molecular formula is C16H29N3. The predicted molar refractivity (Wildman–Crippen MR) is 80.2 cm³/mol. The summed E-state index contributed by atoms with van der Waals surface area (Å²) >= 11 is 0. The van der Waals surface area contributed by atoms with Crippen molar-refractivity contribution in [1.82, 2.24) is 14.5 Å². The Morgan fingerprint density at radius 2 is 1.68 bits per heavy atom. The fourth-order valence-electron chi connectivity index (χ4n) is 4.27. The van der Waals surface area contributed by atoms with E-state index in [1.165, 1.54) is 5.69 Å². The molecule has 1 atom stereocenters. The summed E-state index contributed by atoms with van der Waals surface area (Å²) in [4.78, 5) is 7.09. The molecule has 19 heavy (non-hydrogen) atoms. The number of aromatic nitrogens is 2. The van der Waals surface area contributed by atoms with E-state index in [1.54, 1.807) is 0 Å². The third-order valence-electron chi connectivity index (χ3n) is 4.74. The minimum absolute atomic E-state index is 0.0229. The van der Waals surface area contributed by atoms with Crippen molar-refractivity contribution in [2.24, 2.45) is 5.92 Å². The minimum Gasteiger partial charge on any atom is -0.326 e. The van der Waals surface area contributed by atoms with E-state index in [9.17, 15) is 0 Å². The molecule has 1 unspecified atom stereocenters. The van der Waals surface area contributed by atoms with Gasteiger partial charge in [-0.25, -0.2) is 4.98 Å². The summed E-state index contributed by atoms with van der Waals surface area (Å²) in [6, 6.07) is 1.02. The second-order valence-electron chi connectivity index (χ2n) is 7.55. The van der Waals surface area contributed by atoms with E-state index in [2.05, 4.69) is 69.8 Å². The summed E-state index contributed by atoms with van der Waals surface area (Å²) < 4.78 is 2.39. The summed E-state index contributed by atoms with van der Waals surface area (Å²) in [7, 11) is 0. The molecule has 3 nitrogen and oxygen atoms in total. The van der Waals surface area contributed by atoms with E-state index >= 15 is 0 Å². The average molecular weight is 263 g/mol. The Hall–Kier alpha value is -0.830. The van der Waals surface area contributed by atoms with Gasteiger partial charge in [0.05, 0.1) is 29.3 Å². The van der Waals surface area contributed by atoms with Gasteiger partial charge >= 0.3 is 0 Å². The van der Waals surface area contributed by atoms with Crippen LogP contribution in [0.2, 0.25) is 0 Å². The molecule has 1 aromatic rings. The van der Waals surface area contributed by atoms with Gasteiger partial charge in [0, 0.05) is 12.1 Å². The van der Waals surface area contributed by atoms with Crippen LogP contribution >= 0.6 is 0 Å². The highest BCUT2D eigenvalue weighted by molar-refractivity contribution is 5.21. The van der Waals surface area contributed by atoms with E-state index in [-0.39, 0.29) is 11.1 Å². The van der Waals surface area contributed by atoms with Gasteiger partial charge in [-0.15, -0.1) is 0 Å². The highest BCUT2D eigenvalue weighted by atomic mass is 15.3. The second-order valence-corrected chi connectivity index (χ2v) is 7.55. The average Bonchev–Trinajstić information content (AvgIpc) is 2.72. The van der Waals surface area contributed by atoms with Crippen molar-refractivity contribution in [2.75, 3.05) is 0 Å². The third kappa shape index (κ3) is 1.94. The number of hydrogen-bond acceptors (Lipinski definition) is 2. The van der Waals surface area contributed by atoms with E-state index in [0.717, 1.165) is 0 Å². The Morgan fingerprint density at radius 3 is 2.16 bits per heavy atom. The molecule has 0 saturated carbocycles. The van der Waals surface area contributed by atoms with Crippen LogP contribution in [-0.4, -0.2) is 26.5 Å². The molecule has 0 amide bonds. The molecule has 1 aliphatic heterocycles. The number of nitrogens with zero attached hydrogens (tertiary/aromatic N) is 3. The molecular weight excluding hydrogens is 234 g/mol. The van der Waals surface area contributed by atoms with Crippen LogP contribution in [0.25, 0.3) is 0 Å². The van der Waals surface area contributed by atoms with Crippen LogP contribution in [0.4, 0.5) is 0 Å². The van der Waals surface area contributed by atoms with Crippen molar-refractivity contribution in [3.8, 4) is 0 Å². The smallest absolute Gasteiger partial charge is 0.0954 e. The summed E-state index contributed by atoms with van der Waals surface area (Å²) in [6.07, 6.45) is 4.04. The molecule has 2 heterocycles. The van der Waals surface area contributed by atoms with Gasteiger partial charge < -0.3 is 4.57 Å². The SMILES string of the molecule is CC(C)C1N(C(C)C)C(C)(C)c2cncn2C1(C)C. The zero-order valence-electron chi connectivity index (χ0n) is 13.7. The summed E-state index contributed by atoms with van der Waals surface area (Å²) in [5.74, 6) is 0.604. The number of imidazole rings is 1. The topological polar surface area (TPSA) is 21.1 Å². The van der Waals surface area contributed by atoms with Gasteiger partial charge in [-0.3, -0.25) is 4.90 Å². The van der Waals surface area contributed by atoms with Gasteiger partial charge in [0.25, 0.3) is 0 Å². The molecule has 0 saturated heterocycles. The largest absolute Gasteiger partial charge is 0.326 e. The van der Waals surface area contributed by atoms with Crippen molar-refractivity contribution in [1.29, 1.82) is 0 Å². The van der Waals surface area contributed by atoms with Gasteiger partial charge in [-0.2, -0.15) is 0 Å². The minimum atomic E-state index is 0.0229. The third-order valence-corrected chi connectivity index (χ3v) is 4.74. The highest BCUT2D eigenvalue weighted by Crippen LogP contribution is 2.45. The standard InChI is InChI=1S/C16H29N3/c1-11(2)14-16(7,8)18-10-17-9-13(18)15(5,6)19(14)12(3)4/h9-12,14H,1-8H3. The zero-order chi connectivity index (χ0) is 14.6. The van der Waals surface area contributed by atoms with Crippen LogP contribution in [0.3, 0.4) is 0 Å². The van der Waals surface area contributed by atoms with Crippen molar-refractivity contribution in [3.05, 3.63) is 18.2 Å². The highest BCUT2D eigenvalue weighted by Gasteiger charge is 2.51. The maximum absolute atomic E-state index is 4.42. The number of fused-ring (bicyclic) bond motifs is 1. The summed E-state index contributed by atoms with van der Waals surface area (Å²) in [5, 5.41) is 0. The molecule has 0 radical (unpaired) electrons. The van der Waals surface area contributed by atoms with Gasteiger partial charge in [0.15, 0.2) is 0 Å². The molecule has 0 fully saturated rings. The first-order chi connectivity index (χ1) is 8.61. The fourth-order valence-corrected chi connectivity index (χ4v) is 4.27. The molecule has 1 aromatic heterocycles. The molecule has 0 aliphatic carbocycles. The van der Waals surface area contributed by atoms with Crippen molar-refractivity contribution < 1.29 is 0 Å². The first-order valence-electron chi connectivity index (χ1n) is 7.43. The van der Waals surface area contributed by atoms with E-state index in [0.29, 0.717) is 18.0 Å². The number of rotatable bonds is 2. The molecule has 0 bridgehead atoms. The Kier molecular flexibility index (Phi) is 3.33. The van der Waals surface area contributed by atoms with Crippen LogP contribution in [0.5, 0.6) is 0 Å². The summed E-state index contributed by atoms with van der Waals surface area (Å²) in [5.41, 5.74) is 1.41. The lowest BCUT2D eigenvalue weighted by Crippen LogP contribution is -2.66. The van der Waals surface area contributed by atoms with Crippen LogP contribution in [0, 0.1) is 5.92 Å². The van der Waals surface area contributed by atoms with E-state index in [4.69, 9.17) is 0 Å². The lowest BCUT2D eigenvalue weighted by atomic mass is 9.76. The van der Waals surface area contributed by atoms with E-state index < -0.39 is 0 Å². The van der Waals surface area contributed by atoms with Crippen molar-refractivity contribution >= 4 is 0 Å². The second kappa shape index (κ2) is 4.34. The fraction of sp³-hybridized carbons (Fsp3) is 0.812. The normalized spacial score (nSPS) is 25.9. The predicted octanol–water partition coefficient (Wildman–Crippen LogP) is 3.60. The Balaban J connectivity index is 2.68. The van der Waals surface area contributed by atoms with Gasteiger partial charge in [0.2, 0.25) is 0 Å². The Bertz CT molecular complexity index is 414. The van der Waals surface area contributed by atoms with Crippen LogP contribution < -0.4 is 0 Å². The first-order valence-corrected chi connectivity index (χ1v) is 7.43. The van der Waals surface area contributed by atoms with Gasteiger partial charge in [-0.05, 0) is 47.5 Å². The molecule has 0 spiro atoms. The summed E-state index contributed by atoms with van der Waals surface area (Å²) in [6.45, 7) is 18.6. The molecule has 3 heteroatoms. The molecule has 0 N–H and O–H groups in total. The maximum Gasteiger partial charge on any atom is 0.0954 e. The monoisotopic (exact) mass is 263 g/mol. The van der Waals surface area contributed by atoms with Crippen LogP contribution in [-0.2, 0) is 11.1 Å². The Morgan fingerprint density at radius 1 is 1.11 bits per heavy atom. The lowest BCUT2D eigenvalue weighted by molar-refractivity contribution is -0.0710. The lowest BCUT2D eigenvalue weighted by Gasteiger charge is -2.58. The van der Waals surface area contributed by atoms with Crippen LogP contribution in [0.15, 0.2) is 12.5 Å². The van der Waals surface area contributed by atoms with E-state index in [1.807, 2.05) is 12.5 Å². The number of hydrogen-bond donors (Lipinski definition) is 0. The molecule has 2 rings (SSSR count). The van der Waals surface area contributed by atoms with Crippen LogP contribution in [0.1, 0.15) is 61.1 Å². The van der Waals surface area contributed by atoms with Gasteiger partial charge in [0.1, 0.15) is 0 Å². The molecule has 0 aromatic carbocycles. The molecule has 1 aliphatic rings.